The molecule has 0 bridgehead atoms. The van der Waals surface area contributed by atoms with Crippen molar-refractivity contribution < 1.29 is 0 Å². The summed E-state index contributed by atoms with van der Waals surface area (Å²) in [4.78, 5) is 8.91. The second-order valence-corrected chi connectivity index (χ2v) is 4.47. The van der Waals surface area contributed by atoms with Crippen LogP contribution in [0.1, 0.15) is 11.5 Å². The first-order chi connectivity index (χ1) is 7.74. The van der Waals surface area contributed by atoms with Crippen molar-refractivity contribution in [3.8, 4) is 11.3 Å². The molecule has 0 saturated carbocycles. The summed E-state index contributed by atoms with van der Waals surface area (Å²) >= 11 is 1.74. The molecule has 0 aliphatic carbocycles. The summed E-state index contributed by atoms with van der Waals surface area (Å²) in [5, 5.41) is 0. The van der Waals surface area contributed by atoms with E-state index in [-0.39, 0.29) is 0 Å². The van der Waals surface area contributed by atoms with Crippen molar-refractivity contribution in [3.63, 3.8) is 0 Å². The molecule has 3 N–H and O–H groups in total. The van der Waals surface area contributed by atoms with E-state index in [0.717, 1.165) is 22.8 Å². The minimum atomic E-state index is 0.448. The Balaban J connectivity index is 2.38. The first-order valence-corrected chi connectivity index (χ1v) is 6.37. The molecule has 0 unspecified atom stereocenters. The zero-order valence-electron chi connectivity index (χ0n) is 9.45. The summed E-state index contributed by atoms with van der Waals surface area (Å²) in [6.07, 6.45) is 2.07. The molecule has 2 aromatic rings. The van der Waals surface area contributed by atoms with E-state index >= 15 is 0 Å². The van der Waals surface area contributed by atoms with Crippen LogP contribution in [0.15, 0.2) is 29.2 Å². The summed E-state index contributed by atoms with van der Waals surface area (Å²) in [5.41, 5.74) is 8.75. The highest BCUT2D eigenvalue weighted by Gasteiger charge is 2.07. The van der Waals surface area contributed by atoms with E-state index in [2.05, 4.69) is 40.5 Å². The van der Waals surface area contributed by atoms with Crippen molar-refractivity contribution >= 4 is 11.8 Å². The topological polar surface area (TPSA) is 54.7 Å². The zero-order chi connectivity index (χ0) is 11.5. The number of nitrogens with zero attached hydrogens (tertiary/aromatic N) is 1. The Morgan fingerprint density at radius 1 is 1.31 bits per heavy atom. The lowest BCUT2D eigenvalue weighted by atomic mass is 10.1. The summed E-state index contributed by atoms with van der Waals surface area (Å²) < 4.78 is 0. The fourth-order valence-corrected chi connectivity index (χ4v) is 2.06. The van der Waals surface area contributed by atoms with Crippen LogP contribution in [0.2, 0.25) is 0 Å². The lowest BCUT2D eigenvalue weighted by molar-refractivity contribution is 0.944. The number of hydrogen-bond donors (Lipinski definition) is 2. The summed E-state index contributed by atoms with van der Waals surface area (Å²) in [6.45, 7) is 2.47. The Morgan fingerprint density at radius 2 is 2.00 bits per heavy atom. The third-order valence-electron chi connectivity index (χ3n) is 2.49. The Hall–Kier alpha value is -1.26. The van der Waals surface area contributed by atoms with Crippen molar-refractivity contribution in [1.29, 1.82) is 0 Å². The largest absolute Gasteiger partial charge is 0.344 e. The van der Waals surface area contributed by atoms with Gasteiger partial charge < -0.3 is 10.7 Å². The summed E-state index contributed by atoms with van der Waals surface area (Å²) in [6, 6.07) is 8.40. The third-order valence-corrected chi connectivity index (χ3v) is 3.23. The number of benzene rings is 1. The van der Waals surface area contributed by atoms with Crippen molar-refractivity contribution in [3.05, 3.63) is 35.8 Å². The molecule has 0 amide bonds. The van der Waals surface area contributed by atoms with Crippen molar-refractivity contribution in [2.75, 3.05) is 6.26 Å². The molecule has 84 valence electrons. The molecule has 1 aromatic heterocycles. The second-order valence-electron chi connectivity index (χ2n) is 3.59. The molecular formula is C12H15N3S. The minimum Gasteiger partial charge on any atom is -0.344 e. The summed E-state index contributed by atoms with van der Waals surface area (Å²) in [5.74, 6) is 0.835. The van der Waals surface area contributed by atoms with Crippen LogP contribution >= 0.6 is 11.8 Å². The molecule has 1 aromatic carbocycles. The van der Waals surface area contributed by atoms with E-state index < -0.39 is 0 Å². The monoisotopic (exact) mass is 233 g/mol. The van der Waals surface area contributed by atoms with Crippen LogP contribution in [0.5, 0.6) is 0 Å². The van der Waals surface area contributed by atoms with Gasteiger partial charge in [0.25, 0.3) is 0 Å². The maximum atomic E-state index is 5.56. The lowest BCUT2D eigenvalue weighted by Gasteiger charge is -2.00. The number of H-pyrrole nitrogens is 1. The van der Waals surface area contributed by atoms with Crippen LogP contribution < -0.4 is 5.73 Å². The van der Waals surface area contributed by atoms with Crippen molar-refractivity contribution in [1.82, 2.24) is 9.97 Å². The number of nitrogens with two attached hydrogens (primary N) is 1. The molecule has 16 heavy (non-hydrogen) atoms. The van der Waals surface area contributed by atoms with Gasteiger partial charge in [0.05, 0.1) is 12.2 Å². The van der Waals surface area contributed by atoms with Gasteiger partial charge in [0, 0.05) is 16.2 Å². The Labute approximate surface area is 99.5 Å². The van der Waals surface area contributed by atoms with E-state index in [4.69, 9.17) is 5.73 Å². The van der Waals surface area contributed by atoms with Gasteiger partial charge in [-0.05, 0) is 25.3 Å². The standard InChI is InChI=1S/C12H15N3S/c1-8-12(15-11(7-13)14-8)9-3-5-10(16-2)6-4-9/h3-6H,7,13H2,1-2H3,(H,14,15). The van der Waals surface area contributed by atoms with Crippen LogP contribution in [0.3, 0.4) is 0 Å². The Kier molecular flexibility index (Phi) is 3.31. The number of rotatable bonds is 3. The fraction of sp³-hybridized carbons (Fsp3) is 0.250. The number of aromatic amines is 1. The molecular weight excluding hydrogens is 218 g/mol. The molecule has 2 rings (SSSR count). The van der Waals surface area contributed by atoms with Gasteiger partial charge in [-0.25, -0.2) is 4.98 Å². The van der Waals surface area contributed by atoms with Gasteiger partial charge >= 0.3 is 0 Å². The quantitative estimate of drug-likeness (QED) is 0.801. The molecule has 0 fully saturated rings. The van der Waals surface area contributed by atoms with E-state index in [0.29, 0.717) is 6.54 Å². The van der Waals surface area contributed by atoms with E-state index in [9.17, 15) is 0 Å². The third kappa shape index (κ3) is 2.13. The van der Waals surface area contributed by atoms with Gasteiger partial charge in [-0.1, -0.05) is 12.1 Å². The van der Waals surface area contributed by atoms with Gasteiger partial charge in [0.2, 0.25) is 0 Å². The van der Waals surface area contributed by atoms with Crippen molar-refractivity contribution in [2.45, 2.75) is 18.4 Å². The van der Waals surface area contributed by atoms with Crippen LogP contribution in [0, 0.1) is 6.92 Å². The number of thioether (sulfide) groups is 1. The molecule has 4 heteroatoms. The lowest BCUT2D eigenvalue weighted by Crippen LogP contribution is -1.97. The number of nitrogens with one attached hydrogen (secondary N) is 1. The average Bonchev–Trinajstić information content (AvgIpc) is 2.71. The van der Waals surface area contributed by atoms with Crippen LogP contribution in [0.4, 0.5) is 0 Å². The molecule has 3 nitrogen and oxygen atoms in total. The minimum absolute atomic E-state index is 0.448. The number of aryl methyl sites for hydroxylation is 1. The second kappa shape index (κ2) is 4.72. The number of imidazole rings is 1. The molecule has 0 atom stereocenters. The highest BCUT2D eigenvalue weighted by molar-refractivity contribution is 7.98. The van der Waals surface area contributed by atoms with Crippen molar-refractivity contribution in [2.24, 2.45) is 5.73 Å². The van der Waals surface area contributed by atoms with Crippen LogP contribution in [-0.4, -0.2) is 16.2 Å². The molecule has 0 aliphatic heterocycles. The zero-order valence-corrected chi connectivity index (χ0v) is 10.3. The van der Waals surface area contributed by atoms with Gasteiger partial charge in [-0.3, -0.25) is 0 Å². The predicted octanol–water partition coefficient (Wildman–Crippen LogP) is 2.57. The van der Waals surface area contributed by atoms with Gasteiger partial charge in [0.15, 0.2) is 0 Å². The van der Waals surface area contributed by atoms with Crippen LogP contribution in [0.25, 0.3) is 11.3 Å². The van der Waals surface area contributed by atoms with Gasteiger partial charge in [-0.2, -0.15) is 0 Å². The molecule has 1 heterocycles. The number of aromatic nitrogens is 2. The molecule has 0 spiro atoms. The van der Waals surface area contributed by atoms with Gasteiger partial charge in [0.1, 0.15) is 5.82 Å². The SMILES string of the molecule is CSc1ccc(-c2nc(CN)[nH]c2C)cc1. The van der Waals surface area contributed by atoms with E-state index in [1.54, 1.807) is 11.8 Å². The highest BCUT2D eigenvalue weighted by Crippen LogP contribution is 2.24. The molecule has 0 aliphatic rings. The van der Waals surface area contributed by atoms with E-state index in [1.165, 1.54) is 4.90 Å². The summed E-state index contributed by atoms with van der Waals surface area (Å²) in [7, 11) is 0. The molecule has 0 radical (unpaired) electrons. The Morgan fingerprint density at radius 3 is 2.50 bits per heavy atom. The van der Waals surface area contributed by atoms with Crippen LogP contribution in [-0.2, 0) is 6.54 Å². The first kappa shape index (κ1) is 11.2. The average molecular weight is 233 g/mol. The maximum absolute atomic E-state index is 5.56. The smallest absolute Gasteiger partial charge is 0.120 e. The fourth-order valence-electron chi connectivity index (χ4n) is 1.65. The number of hydrogen-bond acceptors (Lipinski definition) is 3. The predicted molar refractivity (Wildman–Crippen MR) is 68.4 cm³/mol. The molecule has 0 saturated heterocycles. The maximum Gasteiger partial charge on any atom is 0.120 e. The van der Waals surface area contributed by atoms with Gasteiger partial charge in [-0.15, -0.1) is 11.8 Å². The normalized spacial score (nSPS) is 10.7. The highest BCUT2D eigenvalue weighted by atomic mass is 32.2. The van der Waals surface area contributed by atoms with E-state index in [1.807, 2.05) is 6.92 Å². The first-order valence-electron chi connectivity index (χ1n) is 5.14. The Bertz CT molecular complexity index is 474.